The van der Waals surface area contributed by atoms with Crippen LogP contribution in [0.1, 0.15) is 33.1 Å². The Morgan fingerprint density at radius 1 is 1.17 bits per heavy atom. The summed E-state index contributed by atoms with van der Waals surface area (Å²) in [5.41, 5.74) is 2.08. The van der Waals surface area contributed by atoms with Crippen LogP contribution in [-0.2, 0) is 17.9 Å². The van der Waals surface area contributed by atoms with Crippen LogP contribution in [0.3, 0.4) is 0 Å². The standard InChI is InChI=1S/C20H21N5O5/c1-13-19(25(28)29)14(2)24(23-13)12-15-5-7-16(8-6-15)20(27)22-11-18(26)21-10-17-4-3-9-30-17/h3-9H,10-12H2,1-2H3,(H,21,26)(H,22,27). The predicted octanol–water partition coefficient (Wildman–Crippen LogP) is 2.10. The summed E-state index contributed by atoms with van der Waals surface area (Å²) in [4.78, 5) is 34.7. The Kier molecular flexibility index (Phi) is 6.26. The largest absolute Gasteiger partial charge is 0.467 e. The van der Waals surface area contributed by atoms with Gasteiger partial charge in [0.25, 0.3) is 5.91 Å². The number of carbonyl (C=O) groups excluding carboxylic acids is 2. The molecule has 0 aliphatic carbocycles. The van der Waals surface area contributed by atoms with Gasteiger partial charge in [0.2, 0.25) is 5.91 Å². The van der Waals surface area contributed by atoms with Gasteiger partial charge < -0.3 is 15.1 Å². The van der Waals surface area contributed by atoms with E-state index in [4.69, 9.17) is 4.42 Å². The molecule has 10 nitrogen and oxygen atoms in total. The van der Waals surface area contributed by atoms with Gasteiger partial charge in [0.15, 0.2) is 0 Å². The van der Waals surface area contributed by atoms with E-state index in [1.807, 2.05) is 0 Å². The molecule has 0 radical (unpaired) electrons. The number of nitrogens with one attached hydrogen (secondary N) is 2. The fourth-order valence-electron chi connectivity index (χ4n) is 2.96. The molecule has 0 atom stereocenters. The number of aryl methyl sites for hydroxylation is 1. The molecule has 3 aromatic rings. The van der Waals surface area contributed by atoms with E-state index in [-0.39, 0.29) is 30.6 Å². The molecule has 1 aromatic carbocycles. The first-order valence-corrected chi connectivity index (χ1v) is 9.19. The van der Waals surface area contributed by atoms with E-state index in [0.717, 1.165) is 5.56 Å². The Hall–Kier alpha value is -3.95. The number of amides is 2. The van der Waals surface area contributed by atoms with Gasteiger partial charge in [-0.25, -0.2) is 0 Å². The molecule has 2 amide bonds. The molecule has 0 saturated carbocycles. The van der Waals surface area contributed by atoms with E-state index in [9.17, 15) is 19.7 Å². The van der Waals surface area contributed by atoms with Crippen LogP contribution in [0.25, 0.3) is 0 Å². The quantitative estimate of drug-likeness (QED) is 0.431. The Balaban J connectivity index is 1.53. The van der Waals surface area contributed by atoms with Gasteiger partial charge in [0.05, 0.1) is 30.8 Å². The topological polar surface area (TPSA) is 132 Å². The fraction of sp³-hybridized carbons (Fsp3) is 0.250. The summed E-state index contributed by atoms with van der Waals surface area (Å²) in [5.74, 6) is -0.0860. The number of furan rings is 1. The lowest BCUT2D eigenvalue weighted by Gasteiger charge is -2.08. The molecule has 30 heavy (non-hydrogen) atoms. The zero-order valence-electron chi connectivity index (χ0n) is 16.5. The molecule has 0 bridgehead atoms. The van der Waals surface area contributed by atoms with Crippen LogP contribution in [-0.4, -0.2) is 33.1 Å². The van der Waals surface area contributed by atoms with E-state index in [0.29, 0.717) is 29.3 Å². The summed E-state index contributed by atoms with van der Waals surface area (Å²) >= 11 is 0. The number of nitro groups is 1. The number of aromatic nitrogens is 2. The molecule has 2 aromatic heterocycles. The normalized spacial score (nSPS) is 10.6. The molecule has 0 aliphatic heterocycles. The summed E-state index contributed by atoms with van der Waals surface area (Å²) in [6, 6.07) is 10.2. The lowest BCUT2D eigenvalue weighted by Crippen LogP contribution is -2.36. The van der Waals surface area contributed by atoms with Crippen LogP contribution < -0.4 is 10.6 Å². The van der Waals surface area contributed by atoms with Gasteiger partial charge in [-0.1, -0.05) is 12.1 Å². The van der Waals surface area contributed by atoms with Crippen molar-refractivity contribution in [1.82, 2.24) is 20.4 Å². The SMILES string of the molecule is Cc1nn(Cc2ccc(C(=O)NCC(=O)NCc3ccco3)cc2)c(C)c1[N+](=O)[O-]. The highest BCUT2D eigenvalue weighted by Gasteiger charge is 2.21. The third kappa shape index (κ3) is 4.90. The zero-order valence-corrected chi connectivity index (χ0v) is 16.5. The monoisotopic (exact) mass is 411 g/mol. The van der Waals surface area contributed by atoms with Crippen LogP contribution in [0.15, 0.2) is 47.1 Å². The molecule has 0 saturated heterocycles. The van der Waals surface area contributed by atoms with Crippen molar-refractivity contribution in [3.8, 4) is 0 Å². The number of nitrogens with zero attached hydrogens (tertiary/aromatic N) is 3. The molecule has 0 fully saturated rings. The van der Waals surface area contributed by atoms with Crippen LogP contribution >= 0.6 is 0 Å². The lowest BCUT2D eigenvalue weighted by molar-refractivity contribution is -0.386. The second-order valence-corrected chi connectivity index (χ2v) is 6.67. The molecule has 156 valence electrons. The first-order chi connectivity index (χ1) is 14.3. The molecule has 3 rings (SSSR count). The predicted molar refractivity (Wildman–Crippen MR) is 107 cm³/mol. The summed E-state index contributed by atoms with van der Waals surface area (Å²) in [5, 5.41) is 20.5. The third-order valence-corrected chi connectivity index (χ3v) is 4.52. The smallest absolute Gasteiger partial charge is 0.312 e. The van der Waals surface area contributed by atoms with E-state index in [1.165, 1.54) is 6.26 Å². The minimum Gasteiger partial charge on any atom is -0.467 e. The van der Waals surface area contributed by atoms with Crippen molar-refractivity contribution in [2.24, 2.45) is 0 Å². The third-order valence-electron chi connectivity index (χ3n) is 4.52. The number of hydrogen-bond acceptors (Lipinski definition) is 6. The lowest BCUT2D eigenvalue weighted by atomic mass is 10.1. The number of rotatable bonds is 8. The summed E-state index contributed by atoms with van der Waals surface area (Å²) in [6.07, 6.45) is 1.52. The Labute approximate surface area is 172 Å². The number of benzene rings is 1. The van der Waals surface area contributed by atoms with Gasteiger partial charge >= 0.3 is 5.69 Å². The van der Waals surface area contributed by atoms with Crippen LogP contribution in [0.5, 0.6) is 0 Å². The van der Waals surface area contributed by atoms with Crippen molar-refractivity contribution < 1.29 is 18.9 Å². The molecular weight excluding hydrogens is 390 g/mol. The van der Waals surface area contributed by atoms with Gasteiger partial charge in [-0.05, 0) is 43.7 Å². The molecule has 0 aliphatic rings. The maximum atomic E-state index is 12.2. The molecular formula is C20H21N5O5. The van der Waals surface area contributed by atoms with Crippen molar-refractivity contribution in [1.29, 1.82) is 0 Å². The summed E-state index contributed by atoms with van der Waals surface area (Å²) < 4.78 is 6.68. The van der Waals surface area contributed by atoms with E-state index in [1.54, 1.807) is 54.9 Å². The zero-order chi connectivity index (χ0) is 21.7. The van der Waals surface area contributed by atoms with Gasteiger partial charge in [-0.15, -0.1) is 0 Å². The van der Waals surface area contributed by atoms with Crippen LogP contribution in [0.2, 0.25) is 0 Å². The van der Waals surface area contributed by atoms with Crippen molar-refractivity contribution >= 4 is 17.5 Å². The molecule has 0 spiro atoms. The second kappa shape index (κ2) is 9.03. The van der Waals surface area contributed by atoms with Crippen LogP contribution in [0.4, 0.5) is 5.69 Å². The van der Waals surface area contributed by atoms with Gasteiger partial charge in [-0.2, -0.15) is 5.10 Å². The van der Waals surface area contributed by atoms with Crippen molar-refractivity contribution in [3.63, 3.8) is 0 Å². The highest BCUT2D eigenvalue weighted by atomic mass is 16.6. The van der Waals surface area contributed by atoms with Crippen molar-refractivity contribution in [3.05, 3.63) is 81.1 Å². The van der Waals surface area contributed by atoms with Crippen molar-refractivity contribution in [2.45, 2.75) is 26.9 Å². The van der Waals surface area contributed by atoms with Gasteiger partial charge in [0, 0.05) is 5.56 Å². The number of carbonyl (C=O) groups is 2. The highest BCUT2D eigenvalue weighted by Crippen LogP contribution is 2.22. The molecule has 10 heteroatoms. The average Bonchev–Trinajstić information content (AvgIpc) is 3.33. The first kappa shape index (κ1) is 20.8. The maximum Gasteiger partial charge on any atom is 0.312 e. The minimum atomic E-state index is -0.438. The average molecular weight is 411 g/mol. The highest BCUT2D eigenvalue weighted by molar-refractivity contribution is 5.96. The van der Waals surface area contributed by atoms with Crippen LogP contribution in [0, 0.1) is 24.0 Å². The summed E-state index contributed by atoms with van der Waals surface area (Å²) in [7, 11) is 0. The Bertz CT molecular complexity index is 1050. The van der Waals surface area contributed by atoms with Gasteiger partial charge in [0.1, 0.15) is 17.1 Å². The molecule has 0 unspecified atom stereocenters. The Morgan fingerprint density at radius 3 is 2.50 bits per heavy atom. The molecule has 2 N–H and O–H groups in total. The van der Waals surface area contributed by atoms with E-state index in [2.05, 4.69) is 15.7 Å². The Morgan fingerprint density at radius 2 is 1.90 bits per heavy atom. The molecule has 2 heterocycles. The van der Waals surface area contributed by atoms with Gasteiger partial charge in [-0.3, -0.25) is 24.4 Å². The van der Waals surface area contributed by atoms with E-state index >= 15 is 0 Å². The van der Waals surface area contributed by atoms with E-state index < -0.39 is 4.92 Å². The number of hydrogen-bond donors (Lipinski definition) is 2. The second-order valence-electron chi connectivity index (χ2n) is 6.67. The fourth-order valence-corrected chi connectivity index (χ4v) is 2.96. The first-order valence-electron chi connectivity index (χ1n) is 9.19. The minimum absolute atomic E-state index is 0.0105. The summed E-state index contributed by atoms with van der Waals surface area (Å²) in [6.45, 7) is 3.69. The van der Waals surface area contributed by atoms with Crippen molar-refractivity contribution in [2.75, 3.05) is 6.54 Å². The maximum absolute atomic E-state index is 12.2.